The van der Waals surface area contributed by atoms with Gasteiger partial charge in [-0.3, -0.25) is 0 Å². The van der Waals surface area contributed by atoms with Crippen LogP contribution in [0, 0.1) is 0 Å². The van der Waals surface area contributed by atoms with Crippen molar-refractivity contribution in [2.75, 3.05) is 0 Å². The van der Waals surface area contributed by atoms with E-state index < -0.39 is 9.84 Å². The molecule has 0 unspecified atom stereocenters. The maximum absolute atomic E-state index is 12.8. The minimum absolute atomic E-state index is 0.346. The van der Waals surface area contributed by atoms with Gasteiger partial charge in [0.2, 0.25) is 15.7 Å². The minimum Gasteiger partial charge on any atom is -0.439 e. The van der Waals surface area contributed by atoms with Crippen LogP contribution in [0.15, 0.2) is 113 Å². The van der Waals surface area contributed by atoms with Crippen molar-refractivity contribution in [3.63, 3.8) is 0 Å². The van der Waals surface area contributed by atoms with E-state index in [4.69, 9.17) is 4.74 Å². The Kier molecular flexibility index (Phi) is 4.38. The fourth-order valence-corrected chi connectivity index (χ4v) is 5.69. The predicted molar refractivity (Wildman–Crippen MR) is 124 cm³/mol. The first-order valence-electron chi connectivity index (χ1n) is 10.3. The summed E-state index contributed by atoms with van der Waals surface area (Å²) in [6, 6.07) is 25.6. The molecule has 0 saturated carbocycles. The molecular weight excluding hydrogens is 434 g/mol. The summed E-state index contributed by atoms with van der Waals surface area (Å²) in [5.41, 5.74) is 4.08. The lowest BCUT2D eigenvalue weighted by Gasteiger charge is -2.07. The summed E-state index contributed by atoms with van der Waals surface area (Å²) in [5, 5.41) is 4.50. The van der Waals surface area contributed by atoms with Crippen LogP contribution in [0.4, 0.5) is 0 Å². The van der Waals surface area contributed by atoms with E-state index in [1.54, 1.807) is 41.3 Å². The molecule has 2 aromatic heterocycles. The maximum Gasteiger partial charge on any atom is 0.219 e. The van der Waals surface area contributed by atoms with Gasteiger partial charge >= 0.3 is 0 Å². The van der Waals surface area contributed by atoms with Crippen LogP contribution in [0.3, 0.4) is 0 Å². The van der Waals surface area contributed by atoms with Gasteiger partial charge in [-0.15, -0.1) is 0 Å². The monoisotopic (exact) mass is 451 g/mol. The second kappa shape index (κ2) is 7.43. The van der Waals surface area contributed by atoms with Crippen molar-refractivity contribution in [2.45, 2.75) is 9.79 Å². The molecule has 6 rings (SSSR count). The van der Waals surface area contributed by atoms with Crippen LogP contribution >= 0.6 is 0 Å². The molecule has 3 heterocycles. The number of ether oxygens (including phenoxy) is 1. The molecule has 0 atom stereocenters. The third-order valence-corrected chi connectivity index (χ3v) is 7.46. The van der Waals surface area contributed by atoms with Crippen LogP contribution in [-0.2, 0) is 9.84 Å². The van der Waals surface area contributed by atoms with Gasteiger partial charge in [0.05, 0.1) is 21.7 Å². The zero-order chi connectivity index (χ0) is 22.4. The van der Waals surface area contributed by atoms with E-state index in [2.05, 4.69) is 10.1 Å². The van der Waals surface area contributed by atoms with Crippen LogP contribution in [-0.4, -0.2) is 23.2 Å². The highest BCUT2D eigenvalue weighted by Crippen LogP contribution is 2.44. The molecule has 0 spiro atoms. The first kappa shape index (κ1) is 19.5. The summed E-state index contributed by atoms with van der Waals surface area (Å²) in [6.07, 6.45) is 5.36. The Morgan fingerprint density at radius 1 is 0.758 bits per heavy atom. The van der Waals surface area contributed by atoms with Gasteiger partial charge in [0.1, 0.15) is 5.75 Å². The molecule has 6 nitrogen and oxygen atoms in total. The molecule has 0 saturated heterocycles. The van der Waals surface area contributed by atoms with E-state index in [0.717, 1.165) is 27.9 Å². The van der Waals surface area contributed by atoms with Crippen molar-refractivity contribution < 1.29 is 13.2 Å². The van der Waals surface area contributed by atoms with E-state index in [-0.39, 0.29) is 0 Å². The molecule has 160 valence electrons. The predicted octanol–water partition coefficient (Wildman–Crippen LogP) is 5.54. The maximum atomic E-state index is 12.8. The molecule has 0 aliphatic carbocycles. The average Bonchev–Trinajstić information content (AvgIpc) is 3.42. The molecule has 0 N–H and O–H groups in total. The van der Waals surface area contributed by atoms with Gasteiger partial charge in [0, 0.05) is 41.2 Å². The summed E-state index contributed by atoms with van der Waals surface area (Å²) in [7, 11) is -3.47. The minimum atomic E-state index is -3.47. The Labute approximate surface area is 190 Å². The number of hydrogen-bond acceptors (Lipinski definition) is 5. The van der Waals surface area contributed by atoms with Crippen molar-refractivity contribution in [3.05, 3.63) is 104 Å². The molecule has 0 amide bonds. The topological polar surface area (TPSA) is 74.1 Å². The lowest BCUT2D eigenvalue weighted by molar-refractivity contribution is 0.462. The zero-order valence-corrected chi connectivity index (χ0v) is 18.1. The van der Waals surface area contributed by atoms with Crippen LogP contribution in [0.5, 0.6) is 11.6 Å². The quantitative estimate of drug-likeness (QED) is 0.352. The lowest BCUT2D eigenvalue weighted by atomic mass is 10.0. The smallest absolute Gasteiger partial charge is 0.219 e. The normalized spacial score (nSPS) is 13.3. The van der Waals surface area contributed by atoms with Crippen LogP contribution in [0.2, 0.25) is 0 Å². The Balaban J connectivity index is 1.34. The molecule has 0 bridgehead atoms. The highest BCUT2D eigenvalue weighted by Gasteiger charge is 2.32. The van der Waals surface area contributed by atoms with E-state index in [1.807, 2.05) is 66.9 Å². The number of sulfone groups is 1. The first-order valence-corrected chi connectivity index (χ1v) is 11.8. The van der Waals surface area contributed by atoms with Crippen LogP contribution in [0.25, 0.3) is 27.9 Å². The summed E-state index contributed by atoms with van der Waals surface area (Å²) in [4.78, 5) is 4.89. The molecule has 3 aromatic carbocycles. The number of hydrogen-bond donors (Lipinski definition) is 0. The van der Waals surface area contributed by atoms with Gasteiger partial charge in [-0.2, -0.15) is 5.10 Å². The fraction of sp³-hybridized carbons (Fsp3) is 0. The summed E-state index contributed by atoms with van der Waals surface area (Å²) >= 11 is 0. The van der Waals surface area contributed by atoms with Crippen molar-refractivity contribution in [1.29, 1.82) is 0 Å². The number of nitrogens with zero attached hydrogens (tertiary/aromatic N) is 3. The highest BCUT2D eigenvalue weighted by atomic mass is 32.2. The summed E-state index contributed by atoms with van der Waals surface area (Å²) in [6.45, 7) is 0. The third kappa shape index (κ3) is 3.30. The van der Waals surface area contributed by atoms with Gasteiger partial charge in [0.25, 0.3) is 0 Å². The lowest BCUT2D eigenvalue weighted by Crippen LogP contribution is -1.96. The Bertz CT molecular complexity index is 1610. The average molecular weight is 452 g/mol. The van der Waals surface area contributed by atoms with Gasteiger partial charge < -0.3 is 4.74 Å². The summed E-state index contributed by atoms with van der Waals surface area (Å²) in [5.74, 6) is 1.17. The van der Waals surface area contributed by atoms with Crippen molar-refractivity contribution in [2.24, 2.45) is 0 Å². The summed E-state index contributed by atoms with van der Waals surface area (Å²) < 4.78 is 33.3. The van der Waals surface area contributed by atoms with Gasteiger partial charge in [0.15, 0.2) is 0 Å². The Morgan fingerprint density at radius 2 is 1.61 bits per heavy atom. The fourth-order valence-electron chi connectivity index (χ4n) is 4.03. The molecule has 0 fully saturated rings. The van der Waals surface area contributed by atoms with E-state index >= 15 is 0 Å². The molecule has 1 aliphatic heterocycles. The zero-order valence-electron chi connectivity index (χ0n) is 17.3. The number of benzene rings is 3. The van der Waals surface area contributed by atoms with Crippen LogP contribution in [0.1, 0.15) is 0 Å². The molecule has 5 aromatic rings. The van der Waals surface area contributed by atoms with Gasteiger partial charge in [-0.25, -0.2) is 18.1 Å². The molecule has 1 aliphatic rings. The van der Waals surface area contributed by atoms with Crippen molar-refractivity contribution in [3.8, 4) is 39.6 Å². The SMILES string of the molecule is O=S1(=O)c2ccccc2-c2cc(-c3cnn(-c4cccc(Oc5ccccn5)c4)c3)ccc21. The molecule has 33 heavy (non-hydrogen) atoms. The van der Waals surface area contributed by atoms with Crippen molar-refractivity contribution in [1.82, 2.24) is 14.8 Å². The van der Waals surface area contributed by atoms with E-state index in [0.29, 0.717) is 21.4 Å². The number of aromatic nitrogens is 3. The molecule has 0 radical (unpaired) electrons. The standard InChI is InChI=1S/C26H17N3O3S/c30-33(31)24-9-2-1-8-22(24)23-14-18(11-12-25(23)33)19-16-28-29(17-19)20-6-5-7-21(15-20)32-26-10-3-4-13-27-26/h1-17H. The molecule has 7 heteroatoms. The van der Waals surface area contributed by atoms with Gasteiger partial charge in [-0.05, 0) is 42.0 Å². The number of pyridine rings is 1. The van der Waals surface area contributed by atoms with Gasteiger partial charge in [-0.1, -0.05) is 36.4 Å². The Morgan fingerprint density at radius 3 is 2.48 bits per heavy atom. The second-order valence-corrected chi connectivity index (χ2v) is 9.54. The highest BCUT2D eigenvalue weighted by molar-refractivity contribution is 7.92. The first-order chi connectivity index (χ1) is 16.1. The number of rotatable bonds is 4. The largest absolute Gasteiger partial charge is 0.439 e. The third-order valence-electron chi connectivity index (χ3n) is 5.59. The number of fused-ring (bicyclic) bond motifs is 3. The van der Waals surface area contributed by atoms with Crippen LogP contribution < -0.4 is 4.74 Å². The van der Waals surface area contributed by atoms with E-state index in [9.17, 15) is 8.42 Å². The second-order valence-electron chi connectivity index (χ2n) is 7.65. The van der Waals surface area contributed by atoms with E-state index in [1.165, 1.54) is 0 Å². The molecular formula is C26H17N3O3S. The Hall–Kier alpha value is -4.23. The van der Waals surface area contributed by atoms with Crippen molar-refractivity contribution >= 4 is 9.84 Å².